The number of imide groups is 1. The first kappa shape index (κ1) is 13.2. The molecule has 6 nitrogen and oxygen atoms in total. The van der Waals surface area contributed by atoms with E-state index in [9.17, 15) is 9.59 Å². The summed E-state index contributed by atoms with van der Waals surface area (Å²) < 4.78 is 5.41. The van der Waals surface area contributed by atoms with Gasteiger partial charge in [0.05, 0.1) is 30.9 Å². The predicted octanol–water partition coefficient (Wildman–Crippen LogP) is 0.844. The van der Waals surface area contributed by atoms with E-state index < -0.39 is 12.0 Å². The molecule has 21 heavy (non-hydrogen) atoms. The van der Waals surface area contributed by atoms with Gasteiger partial charge in [-0.2, -0.15) is 5.06 Å². The van der Waals surface area contributed by atoms with Crippen LogP contribution in [0.3, 0.4) is 0 Å². The number of rotatable bonds is 1. The van der Waals surface area contributed by atoms with Crippen LogP contribution >= 0.6 is 11.6 Å². The maximum Gasteiger partial charge on any atom is 0.265 e. The number of hydrogen-bond donors (Lipinski definition) is 0. The Morgan fingerprint density at radius 2 is 1.90 bits per heavy atom. The molecule has 3 atom stereocenters. The molecule has 0 N–H and O–H groups in total. The molecule has 2 amide bonds. The Morgan fingerprint density at radius 1 is 1.14 bits per heavy atom. The van der Waals surface area contributed by atoms with E-state index in [1.54, 1.807) is 29.3 Å². The number of morpholine rings is 1. The van der Waals surface area contributed by atoms with Crippen molar-refractivity contribution in [3.8, 4) is 0 Å². The number of carbonyl (C=O) groups excluding carboxylic acids is 2. The second kappa shape index (κ2) is 4.78. The van der Waals surface area contributed by atoms with Crippen molar-refractivity contribution in [1.29, 1.82) is 0 Å². The number of amides is 2. The first-order valence-corrected chi connectivity index (χ1v) is 7.19. The van der Waals surface area contributed by atoms with Crippen molar-refractivity contribution >= 4 is 29.1 Å². The molecule has 3 aliphatic heterocycles. The molecule has 3 saturated heterocycles. The molecular weight excluding hydrogens is 296 g/mol. The Bertz CT molecular complexity index is 605. The smallest absolute Gasteiger partial charge is 0.265 e. The summed E-state index contributed by atoms with van der Waals surface area (Å²) in [6, 6.07) is 6.45. The van der Waals surface area contributed by atoms with E-state index in [1.807, 2.05) is 0 Å². The molecule has 0 bridgehead atoms. The lowest BCUT2D eigenvalue weighted by Gasteiger charge is -2.30. The van der Waals surface area contributed by atoms with E-state index in [1.165, 1.54) is 4.90 Å². The van der Waals surface area contributed by atoms with Crippen molar-refractivity contribution in [2.45, 2.75) is 12.1 Å². The summed E-state index contributed by atoms with van der Waals surface area (Å²) in [4.78, 5) is 32.0. The summed E-state index contributed by atoms with van der Waals surface area (Å²) in [6.07, 6.45) is -0.736. The fourth-order valence-electron chi connectivity index (χ4n) is 3.16. The van der Waals surface area contributed by atoms with E-state index in [0.717, 1.165) is 0 Å². The average molecular weight is 309 g/mol. The minimum Gasteiger partial charge on any atom is -0.378 e. The summed E-state index contributed by atoms with van der Waals surface area (Å²) >= 11 is 5.84. The minimum absolute atomic E-state index is 0.183. The van der Waals surface area contributed by atoms with E-state index in [-0.39, 0.29) is 17.9 Å². The molecular formula is C14H13ClN2O4. The first-order valence-electron chi connectivity index (χ1n) is 6.81. The van der Waals surface area contributed by atoms with Crippen LogP contribution in [-0.2, 0) is 19.2 Å². The van der Waals surface area contributed by atoms with Gasteiger partial charge in [0.2, 0.25) is 5.91 Å². The zero-order valence-electron chi connectivity index (χ0n) is 11.1. The van der Waals surface area contributed by atoms with Crippen molar-refractivity contribution in [3.05, 3.63) is 29.3 Å². The summed E-state index contributed by atoms with van der Waals surface area (Å²) in [5.74, 6) is -1.04. The van der Waals surface area contributed by atoms with E-state index in [4.69, 9.17) is 21.2 Å². The van der Waals surface area contributed by atoms with Crippen molar-refractivity contribution in [2.75, 3.05) is 24.7 Å². The Kier molecular flexibility index (Phi) is 3.00. The molecule has 0 aliphatic carbocycles. The predicted molar refractivity (Wildman–Crippen MR) is 73.6 cm³/mol. The molecule has 7 heteroatoms. The standard InChI is InChI=1S/C14H13ClN2O4/c15-8-1-3-9(4-2-8)17-13(18)11-10-7-20-6-5-16(10)21-12(11)14(17)19/h1-4,10-12H,5-7H2. The monoisotopic (exact) mass is 308 g/mol. The zero-order valence-corrected chi connectivity index (χ0v) is 11.8. The van der Waals surface area contributed by atoms with Crippen molar-refractivity contribution in [1.82, 2.24) is 5.06 Å². The van der Waals surface area contributed by atoms with Crippen LogP contribution in [0.4, 0.5) is 5.69 Å². The van der Waals surface area contributed by atoms with Gasteiger partial charge in [-0.15, -0.1) is 0 Å². The molecule has 3 aliphatic rings. The Morgan fingerprint density at radius 3 is 2.67 bits per heavy atom. The third-order valence-electron chi connectivity index (χ3n) is 4.16. The van der Waals surface area contributed by atoms with Gasteiger partial charge in [-0.05, 0) is 24.3 Å². The fourth-order valence-corrected chi connectivity index (χ4v) is 3.28. The molecule has 3 fully saturated rings. The molecule has 0 saturated carbocycles. The number of nitrogens with zero attached hydrogens (tertiary/aromatic N) is 2. The lowest BCUT2D eigenvalue weighted by Crippen LogP contribution is -2.46. The first-order chi connectivity index (χ1) is 10.2. The number of hydrogen-bond acceptors (Lipinski definition) is 5. The largest absolute Gasteiger partial charge is 0.378 e. The number of ether oxygens (including phenoxy) is 1. The van der Waals surface area contributed by atoms with Gasteiger partial charge in [0.25, 0.3) is 5.91 Å². The number of anilines is 1. The van der Waals surface area contributed by atoms with Crippen molar-refractivity contribution in [3.63, 3.8) is 0 Å². The Hall–Kier alpha value is -1.47. The maximum absolute atomic E-state index is 12.6. The molecule has 1 aromatic carbocycles. The van der Waals surface area contributed by atoms with E-state index >= 15 is 0 Å². The number of carbonyl (C=O) groups is 2. The van der Waals surface area contributed by atoms with Crippen molar-refractivity contribution < 1.29 is 19.2 Å². The van der Waals surface area contributed by atoms with Crippen LogP contribution in [0.25, 0.3) is 0 Å². The highest BCUT2D eigenvalue weighted by molar-refractivity contribution is 6.31. The van der Waals surface area contributed by atoms with Gasteiger partial charge in [0.1, 0.15) is 0 Å². The lowest BCUT2D eigenvalue weighted by molar-refractivity contribution is -0.197. The Labute approximate surface area is 126 Å². The molecule has 4 rings (SSSR count). The number of fused-ring (bicyclic) bond motifs is 3. The third kappa shape index (κ3) is 1.91. The highest BCUT2D eigenvalue weighted by atomic mass is 35.5. The summed E-state index contributed by atoms with van der Waals surface area (Å²) in [5, 5.41) is 2.27. The molecule has 0 aromatic heterocycles. The zero-order chi connectivity index (χ0) is 14.6. The summed E-state index contributed by atoms with van der Waals surface area (Å²) in [7, 11) is 0. The van der Waals surface area contributed by atoms with Gasteiger partial charge in [0.15, 0.2) is 6.10 Å². The molecule has 1 aromatic rings. The van der Waals surface area contributed by atoms with Crippen LogP contribution in [0.2, 0.25) is 5.02 Å². The molecule has 0 spiro atoms. The maximum atomic E-state index is 12.6. The van der Waals surface area contributed by atoms with E-state index in [0.29, 0.717) is 30.5 Å². The third-order valence-corrected chi connectivity index (χ3v) is 4.41. The van der Waals surface area contributed by atoms with Crippen LogP contribution < -0.4 is 4.90 Å². The normalized spacial score (nSPS) is 32.4. The molecule has 0 radical (unpaired) electrons. The summed E-state index contributed by atoms with van der Waals surface area (Å²) in [6.45, 7) is 1.55. The van der Waals surface area contributed by atoms with Gasteiger partial charge < -0.3 is 4.74 Å². The highest BCUT2D eigenvalue weighted by Gasteiger charge is 2.60. The van der Waals surface area contributed by atoms with Crippen LogP contribution in [0.5, 0.6) is 0 Å². The van der Waals surface area contributed by atoms with Gasteiger partial charge in [0, 0.05) is 11.6 Å². The molecule has 3 unspecified atom stereocenters. The Balaban J connectivity index is 1.66. The van der Waals surface area contributed by atoms with Crippen LogP contribution in [-0.4, -0.2) is 48.8 Å². The molecule has 3 heterocycles. The van der Waals surface area contributed by atoms with Crippen LogP contribution in [0, 0.1) is 5.92 Å². The average Bonchev–Trinajstić information content (AvgIpc) is 2.98. The highest BCUT2D eigenvalue weighted by Crippen LogP contribution is 2.39. The second-order valence-corrected chi connectivity index (χ2v) is 5.76. The topological polar surface area (TPSA) is 59.1 Å². The van der Waals surface area contributed by atoms with Gasteiger partial charge in [-0.1, -0.05) is 11.6 Å². The second-order valence-electron chi connectivity index (χ2n) is 5.32. The lowest BCUT2D eigenvalue weighted by atomic mass is 9.97. The van der Waals surface area contributed by atoms with E-state index in [2.05, 4.69) is 0 Å². The minimum atomic E-state index is -0.736. The van der Waals surface area contributed by atoms with Gasteiger partial charge >= 0.3 is 0 Å². The molecule has 110 valence electrons. The van der Waals surface area contributed by atoms with Crippen LogP contribution in [0.1, 0.15) is 0 Å². The number of benzene rings is 1. The van der Waals surface area contributed by atoms with Crippen molar-refractivity contribution in [2.24, 2.45) is 5.92 Å². The SMILES string of the molecule is O=C1C2ON3CCOCC3C2C(=O)N1c1ccc(Cl)cc1. The number of halogens is 1. The summed E-state index contributed by atoms with van der Waals surface area (Å²) in [5.41, 5.74) is 0.524. The van der Waals surface area contributed by atoms with Gasteiger partial charge in [-0.3, -0.25) is 14.4 Å². The fraction of sp³-hybridized carbons (Fsp3) is 0.429. The van der Waals surface area contributed by atoms with Gasteiger partial charge in [-0.25, -0.2) is 4.90 Å². The van der Waals surface area contributed by atoms with Crippen LogP contribution in [0.15, 0.2) is 24.3 Å². The number of hydroxylamine groups is 2. The quantitative estimate of drug-likeness (QED) is 0.720.